The minimum atomic E-state index is -2.77. The van der Waals surface area contributed by atoms with Crippen molar-refractivity contribution in [2.24, 2.45) is 0 Å². The van der Waals surface area contributed by atoms with Crippen LogP contribution in [0.3, 0.4) is 0 Å². The Morgan fingerprint density at radius 2 is 1.86 bits per heavy atom. The summed E-state index contributed by atoms with van der Waals surface area (Å²) in [4.78, 5) is 21.7. The van der Waals surface area contributed by atoms with E-state index in [1.54, 1.807) is 15.8 Å². The summed E-state index contributed by atoms with van der Waals surface area (Å²) < 4.78 is 83.3. The van der Waals surface area contributed by atoms with Crippen molar-refractivity contribution in [2.45, 2.75) is 62.6 Å². The first-order chi connectivity index (χ1) is 21.1. The van der Waals surface area contributed by atoms with E-state index in [2.05, 4.69) is 20.4 Å². The van der Waals surface area contributed by atoms with Crippen LogP contribution in [-0.4, -0.2) is 62.6 Å². The van der Waals surface area contributed by atoms with E-state index in [0.717, 1.165) is 25.3 Å². The Labute approximate surface area is 248 Å². The number of hydrogen-bond acceptors (Lipinski definition) is 7. The summed E-state index contributed by atoms with van der Waals surface area (Å²) in [7, 11) is 0. The summed E-state index contributed by atoms with van der Waals surface area (Å²) in [6, 6.07) is 0.295. The Kier molecular flexibility index (Phi) is 8.14. The summed E-state index contributed by atoms with van der Waals surface area (Å²) in [6.45, 7) is 0.639. The second kappa shape index (κ2) is 12.0. The number of alkyl halides is 2. The first-order valence-corrected chi connectivity index (χ1v) is 14.2. The molecule has 3 atom stereocenters. The topological polar surface area (TPSA) is 115 Å². The average molecular weight is 621 g/mol. The van der Waals surface area contributed by atoms with Gasteiger partial charge in [-0.1, -0.05) is 6.08 Å². The number of rotatable bonds is 7. The monoisotopic (exact) mass is 620 g/mol. The van der Waals surface area contributed by atoms with Crippen molar-refractivity contribution in [2.75, 3.05) is 24.6 Å². The molecule has 1 unspecified atom stereocenters. The maximum Gasteiger partial charge on any atom is 0.404 e. The molecule has 6 rings (SSSR count). The fourth-order valence-corrected chi connectivity index (χ4v) is 5.82. The Bertz CT molecular complexity index is 1560. The lowest BCUT2D eigenvalue weighted by Crippen LogP contribution is -2.39. The van der Waals surface area contributed by atoms with Gasteiger partial charge in [-0.2, -0.15) is 5.10 Å². The number of nitrogens with one attached hydrogen (secondary N) is 1. The van der Waals surface area contributed by atoms with Gasteiger partial charge in [0.15, 0.2) is 23.1 Å². The van der Waals surface area contributed by atoms with Crippen molar-refractivity contribution < 1.29 is 41.3 Å². The van der Waals surface area contributed by atoms with Crippen molar-refractivity contribution >= 4 is 17.6 Å². The van der Waals surface area contributed by atoms with Crippen molar-refractivity contribution in [3.63, 3.8) is 0 Å². The van der Waals surface area contributed by atoms with Gasteiger partial charge in [0.05, 0.1) is 24.6 Å². The molecule has 2 N–H and O–H groups in total. The quantitative estimate of drug-likeness (QED) is 0.243. The van der Waals surface area contributed by atoms with E-state index in [0.29, 0.717) is 29.7 Å². The lowest BCUT2D eigenvalue weighted by Gasteiger charge is -2.23. The normalized spacial score (nSPS) is 23.3. The van der Waals surface area contributed by atoms with Crippen LogP contribution in [0, 0.1) is 17.5 Å². The standard InChI is InChI=1S/C29H29F5N6O4/c30-20-10-22(32)21(31)9-18(20)19-13-39(14-23(19)37-28(41)42)27-35-11-17(12-36-27)44-24-15-40(25-3-1-2-8-43-25)38-26(24)16-4-6-29(33,34)7-5-16/h4,9-12,15,19,23,25,37H,1-3,5-8,13-14H2,(H,41,42)/t19-,23+,25?/m1/s1. The van der Waals surface area contributed by atoms with Gasteiger partial charge in [-0.05, 0) is 42.9 Å². The van der Waals surface area contributed by atoms with Crippen molar-refractivity contribution in [1.29, 1.82) is 0 Å². The van der Waals surface area contributed by atoms with Crippen molar-refractivity contribution in [1.82, 2.24) is 25.1 Å². The van der Waals surface area contributed by atoms with E-state index in [4.69, 9.17) is 9.47 Å². The minimum absolute atomic E-state index is 0.0181. The molecule has 15 heteroatoms. The zero-order chi connectivity index (χ0) is 31.0. The number of ether oxygens (including phenoxy) is 2. The number of carboxylic acid groups (broad SMARTS) is 1. The molecule has 0 saturated carbocycles. The third-order valence-corrected chi connectivity index (χ3v) is 8.05. The summed E-state index contributed by atoms with van der Waals surface area (Å²) in [5.74, 6) is -6.49. The number of halogens is 5. The zero-order valence-electron chi connectivity index (χ0n) is 23.4. The van der Waals surface area contributed by atoms with E-state index >= 15 is 0 Å². The smallest absolute Gasteiger partial charge is 0.404 e. The van der Waals surface area contributed by atoms with Crippen LogP contribution in [0.25, 0.3) is 5.57 Å². The lowest BCUT2D eigenvalue weighted by molar-refractivity contribution is -0.0396. The second-order valence-electron chi connectivity index (χ2n) is 11.1. The van der Waals surface area contributed by atoms with Crippen LogP contribution in [0.15, 0.2) is 36.8 Å². The number of nitrogens with zero attached hydrogens (tertiary/aromatic N) is 5. The van der Waals surface area contributed by atoms with Crippen LogP contribution < -0.4 is 15.0 Å². The molecular formula is C29H29F5N6O4. The Morgan fingerprint density at radius 1 is 1.09 bits per heavy atom. The minimum Gasteiger partial charge on any atom is -0.465 e. The molecule has 10 nitrogen and oxygen atoms in total. The first kappa shape index (κ1) is 29.8. The van der Waals surface area contributed by atoms with Gasteiger partial charge in [0.25, 0.3) is 5.92 Å². The Morgan fingerprint density at radius 3 is 2.55 bits per heavy atom. The molecule has 3 aliphatic rings. The van der Waals surface area contributed by atoms with Crippen LogP contribution in [0.2, 0.25) is 0 Å². The van der Waals surface area contributed by atoms with Crippen LogP contribution >= 0.6 is 0 Å². The highest BCUT2D eigenvalue weighted by Gasteiger charge is 2.38. The SMILES string of the molecule is O=C(O)N[C@H]1CN(c2ncc(Oc3cn(C4CCCCO4)nc3C3=CCC(F)(F)CC3)cn2)C[C@@H]1c1cc(F)c(F)cc1F. The number of anilines is 1. The molecule has 2 saturated heterocycles. The fourth-order valence-electron chi connectivity index (χ4n) is 5.82. The van der Waals surface area contributed by atoms with Gasteiger partial charge in [0.2, 0.25) is 5.95 Å². The number of carbonyl (C=O) groups is 1. The van der Waals surface area contributed by atoms with E-state index < -0.39 is 47.8 Å². The second-order valence-corrected chi connectivity index (χ2v) is 11.1. The molecule has 1 aromatic carbocycles. The van der Waals surface area contributed by atoms with Gasteiger partial charge in [0, 0.05) is 44.5 Å². The average Bonchev–Trinajstić information content (AvgIpc) is 3.60. The Balaban J connectivity index is 1.23. The first-order valence-electron chi connectivity index (χ1n) is 14.2. The molecule has 2 aromatic heterocycles. The third kappa shape index (κ3) is 6.32. The van der Waals surface area contributed by atoms with Crippen molar-refractivity contribution in [3.05, 3.63) is 65.5 Å². The summed E-state index contributed by atoms with van der Waals surface area (Å²) >= 11 is 0. The van der Waals surface area contributed by atoms with Crippen LogP contribution in [-0.2, 0) is 4.74 Å². The zero-order valence-corrected chi connectivity index (χ0v) is 23.4. The van der Waals surface area contributed by atoms with Crippen LogP contribution in [0.1, 0.15) is 61.9 Å². The van der Waals surface area contributed by atoms with E-state index in [1.165, 1.54) is 18.5 Å². The van der Waals surface area contributed by atoms with Gasteiger partial charge in [-0.3, -0.25) is 0 Å². The van der Waals surface area contributed by atoms with Gasteiger partial charge < -0.3 is 24.8 Å². The third-order valence-electron chi connectivity index (χ3n) is 8.05. The highest BCUT2D eigenvalue weighted by Crippen LogP contribution is 2.40. The molecule has 234 valence electrons. The van der Waals surface area contributed by atoms with Gasteiger partial charge in [0.1, 0.15) is 17.7 Å². The van der Waals surface area contributed by atoms with Crippen LogP contribution in [0.5, 0.6) is 11.5 Å². The number of benzene rings is 1. The molecule has 2 fully saturated rings. The largest absolute Gasteiger partial charge is 0.465 e. The summed E-state index contributed by atoms with van der Waals surface area (Å²) in [5, 5.41) is 16.3. The van der Waals surface area contributed by atoms with Crippen molar-refractivity contribution in [3.8, 4) is 11.5 Å². The van der Waals surface area contributed by atoms with Gasteiger partial charge >= 0.3 is 6.09 Å². The lowest BCUT2D eigenvalue weighted by atomic mass is 9.93. The highest BCUT2D eigenvalue weighted by atomic mass is 19.3. The maximum absolute atomic E-state index is 14.6. The predicted molar refractivity (Wildman–Crippen MR) is 146 cm³/mol. The molecule has 44 heavy (non-hydrogen) atoms. The fraction of sp³-hybridized carbons (Fsp3) is 0.448. The molecular weight excluding hydrogens is 591 g/mol. The maximum atomic E-state index is 14.6. The van der Waals surface area contributed by atoms with Gasteiger partial charge in [-0.25, -0.2) is 41.4 Å². The number of aromatic nitrogens is 4. The molecule has 0 bridgehead atoms. The predicted octanol–water partition coefficient (Wildman–Crippen LogP) is 6.02. The summed E-state index contributed by atoms with van der Waals surface area (Å²) in [6.07, 6.45) is 6.33. The van der Waals surface area contributed by atoms with E-state index in [-0.39, 0.29) is 49.4 Å². The van der Waals surface area contributed by atoms with Gasteiger partial charge in [-0.15, -0.1) is 0 Å². The number of allylic oxidation sites excluding steroid dienone is 2. The molecule has 0 spiro atoms. The number of amides is 1. The van der Waals surface area contributed by atoms with Crippen LogP contribution in [0.4, 0.5) is 32.7 Å². The highest BCUT2D eigenvalue weighted by molar-refractivity contribution is 5.68. The molecule has 3 aromatic rings. The molecule has 4 heterocycles. The number of hydrogen-bond donors (Lipinski definition) is 2. The molecule has 1 aliphatic carbocycles. The van der Waals surface area contributed by atoms with E-state index in [1.807, 2.05) is 0 Å². The Hall–Kier alpha value is -4.27. The molecule has 1 amide bonds. The summed E-state index contributed by atoms with van der Waals surface area (Å²) in [5.41, 5.74) is 0.895. The molecule has 2 aliphatic heterocycles. The molecule has 0 radical (unpaired) electrons. The van der Waals surface area contributed by atoms with E-state index in [9.17, 15) is 31.9 Å².